The van der Waals surface area contributed by atoms with E-state index >= 15 is 0 Å². The maximum Gasteiger partial charge on any atom is 0.0434 e. The van der Waals surface area contributed by atoms with E-state index in [0.717, 1.165) is 24.0 Å². The van der Waals surface area contributed by atoms with Gasteiger partial charge in [-0.1, -0.05) is 35.0 Å². The van der Waals surface area contributed by atoms with Gasteiger partial charge in [0.1, 0.15) is 0 Å². The van der Waals surface area contributed by atoms with Crippen molar-refractivity contribution < 1.29 is 5.11 Å². The predicted octanol–water partition coefficient (Wildman–Crippen LogP) is 2.87. The molecular formula is C13H20BrNO. The van der Waals surface area contributed by atoms with Gasteiger partial charge in [-0.3, -0.25) is 0 Å². The van der Waals surface area contributed by atoms with E-state index in [1.165, 1.54) is 11.1 Å². The molecule has 3 heteroatoms. The maximum absolute atomic E-state index is 8.79. The van der Waals surface area contributed by atoms with Gasteiger partial charge in [-0.15, -0.1) is 0 Å². The highest BCUT2D eigenvalue weighted by molar-refractivity contribution is 9.10. The molecular weight excluding hydrogens is 266 g/mol. The van der Waals surface area contributed by atoms with Gasteiger partial charge in [-0.25, -0.2) is 0 Å². The smallest absolute Gasteiger partial charge is 0.0434 e. The molecule has 0 radical (unpaired) electrons. The van der Waals surface area contributed by atoms with Crippen LogP contribution in [-0.2, 0) is 6.54 Å². The van der Waals surface area contributed by atoms with Gasteiger partial charge in [0, 0.05) is 17.6 Å². The fraction of sp³-hybridized carbons (Fsp3) is 0.538. The third kappa shape index (κ3) is 4.64. The van der Waals surface area contributed by atoms with Crippen molar-refractivity contribution in [3.8, 4) is 0 Å². The molecule has 0 spiro atoms. The van der Waals surface area contributed by atoms with E-state index in [4.69, 9.17) is 5.11 Å². The quantitative estimate of drug-likeness (QED) is 0.843. The van der Waals surface area contributed by atoms with Crippen LogP contribution < -0.4 is 5.32 Å². The predicted molar refractivity (Wildman–Crippen MR) is 71.5 cm³/mol. The van der Waals surface area contributed by atoms with Crippen LogP contribution in [0.3, 0.4) is 0 Å². The third-order valence-corrected chi connectivity index (χ3v) is 3.53. The third-order valence-electron chi connectivity index (χ3n) is 2.68. The number of aliphatic hydroxyl groups is 1. The lowest BCUT2D eigenvalue weighted by atomic mass is 10.1. The SMILES string of the molecule is Cc1ccc(CNCC(C)CCO)cc1Br. The van der Waals surface area contributed by atoms with E-state index in [2.05, 4.69) is 53.3 Å². The Morgan fingerprint density at radius 2 is 2.19 bits per heavy atom. The summed E-state index contributed by atoms with van der Waals surface area (Å²) in [6.45, 7) is 6.35. The van der Waals surface area contributed by atoms with Gasteiger partial charge in [0.25, 0.3) is 0 Å². The molecule has 0 aromatic heterocycles. The van der Waals surface area contributed by atoms with Crippen molar-refractivity contribution in [3.05, 3.63) is 33.8 Å². The Hall–Kier alpha value is -0.380. The Morgan fingerprint density at radius 1 is 1.44 bits per heavy atom. The molecule has 0 amide bonds. The zero-order valence-corrected chi connectivity index (χ0v) is 11.5. The number of hydrogen-bond acceptors (Lipinski definition) is 2. The van der Waals surface area contributed by atoms with Crippen molar-refractivity contribution in [2.75, 3.05) is 13.2 Å². The fourth-order valence-corrected chi connectivity index (χ4v) is 1.96. The second kappa shape index (κ2) is 7.05. The minimum atomic E-state index is 0.277. The zero-order valence-electron chi connectivity index (χ0n) is 9.96. The van der Waals surface area contributed by atoms with E-state index in [-0.39, 0.29) is 6.61 Å². The highest BCUT2D eigenvalue weighted by Crippen LogP contribution is 2.17. The number of halogens is 1. The van der Waals surface area contributed by atoms with Gasteiger partial charge in [0.05, 0.1) is 0 Å². The summed E-state index contributed by atoms with van der Waals surface area (Å²) in [5.41, 5.74) is 2.55. The second-order valence-corrected chi connectivity index (χ2v) is 5.19. The van der Waals surface area contributed by atoms with Crippen LogP contribution >= 0.6 is 15.9 Å². The van der Waals surface area contributed by atoms with E-state index in [0.29, 0.717) is 5.92 Å². The van der Waals surface area contributed by atoms with Crippen LogP contribution in [0.5, 0.6) is 0 Å². The Bertz CT molecular complexity index is 328. The lowest BCUT2D eigenvalue weighted by molar-refractivity contribution is 0.260. The largest absolute Gasteiger partial charge is 0.396 e. The lowest BCUT2D eigenvalue weighted by Crippen LogP contribution is -2.21. The summed E-state index contributed by atoms with van der Waals surface area (Å²) in [4.78, 5) is 0. The van der Waals surface area contributed by atoms with Crippen molar-refractivity contribution >= 4 is 15.9 Å². The standard InChI is InChI=1S/C13H20BrNO/c1-10(5-6-16)8-15-9-12-4-3-11(2)13(14)7-12/h3-4,7,10,15-16H,5-6,8-9H2,1-2H3. The maximum atomic E-state index is 8.79. The first kappa shape index (κ1) is 13.7. The van der Waals surface area contributed by atoms with Crippen LogP contribution in [0.15, 0.2) is 22.7 Å². The Labute approximate surface area is 106 Å². The molecule has 16 heavy (non-hydrogen) atoms. The summed E-state index contributed by atoms with van der Waals surface area (Å²) >= 11 is 3.53. The number of rotatable bonds is 6. The summed E-state index contributed by atoms with van der Waals surface area (Å²) in [5, 5.41) is 12.2. The first-order valence-electron chi connectivity index (χ1n) is 5.70. The van der Waals surface area contributed by atoms with Gasteiger partial charge < -0.3 is 10.4 Å². The number of nitrogens with one attached hydrogen (secondary N) is 1. The molecule has 0 aliphatic rings. The minimum absolute atomic E-state index is 0.277. The van der Waals surface area contributed by atoms with Crippen molar-refractivity contribution in [1.29, 1.82) is 0 Å². The average molecular weight is 286 g/mol. The van der Waals surface area contributed by atoms with E-state index < -0.39 is 0 Å². The minimum Gasteiger partial charge on any atom is -0.396 e. The van der Waals surface area contributed by atoms with Gasteiger partial charge in [-0.05, 0) is 43.0 Å². The topological polar surface area (TPSA) is 32.3 Å². The fourth-order valence-electron chi connectivity index (χ4n) is 1.53. The highest BCUT2D eigenvalue weighted by Gasteiger charge is 2.01. The van der Waals surface area contributed by atoms with Crippen molar-refractivity contribution in [3.63, 3.8) is 0 Å². The first-order valence-corrected chi connectivity index (χ1v) is 6.49. The van der Waals surface area contributed by atoms with Gasteiger partial charge in [0.2, 0.25) is 0 Å². The van der Waals surface area contributed by atoms with Gasteiger partial charge in [0.15, 0.2) is 0 Å². The van der Waals surface area contributed by atoms with Crippen LogP contribution in [0.2, 0.25) is 0 Å². The summed E-state index contributed by atoms with van der Waals surface area (Å²) in [6.07, 6.45) is 0.866. The van der Waals surface area contributed by atoms with Crippen molar-refractivity contribution in [1.82, 2.24) is 5.32 Å². The lowest BCUT2D eigenvalue weighted by Gasteiger charge is -2.11. The van der Waals surface area contributed by atoms with Crippen LogP contribution in [0.4, 0.5) is 0 Å². The zero-order chi connectivity index (χ0) is 12.0. The molecule has 2 N–H and O–H groups in total. The molecule has 0 aliphatic carbocycles. The molecule has 90 valence electrons. The van der Waals surface area contributed by atoms with Crippen LogP contribution in [-0.4, -0.2) is 18.3 Å². The second-order valence-electron chi connectivity index (χ2n) is 4.33. The normalized spacial score (nSPS) is 12.8. The molecule has 1 rings (SSSR count). The summed E-state index contributed by atoms with van der Waals surface area (Å²) in [5.74, 6) is 0.527. The van der Waals surface area contributed by atoms with E-state index in [1.807, 2.05) is 0 Å². The summed E-state index contributed by atoms with van der Waals surface area (Å²) < 4.78 is 1.16. The van der Waals surface area contributed by atoms with Crippen molar-refractivity contribution in [2.24, 2.45) is 5.92 Å². The molecule has 0 aliphatic heterocycles. The summed E-state index contributed by atoms with van der Waals surface area (Å²) in [7, 11) is 0. The molecule has 1 atom stereocenters. The van der Waals surface area contributed by atoms with Gasteiger partial charge in [-0.2, -0.15) is 0 Å². The van der Waals surface area contributed by atoms with Crippen LogP contribution in [0.1, 0.15) is 24.5 Å². The highest BCUT2D eigenvalue weighted by atomic mass is 79.9. The van der Waals surface area contributed by atoms with E-state index in [1.54, 1.807) is 0 Å². The van der Waals surface area contributed by atoms with E-state index in [9.17, 15) is 0 Å². The Balaban J connectivity index is 2.34. The molecule has 1 aromatic rings. The monoisotopic (exact) mass is 285 g/mol. The molecule has 1 aromatic carbocycles. The van der Waals surface area contributed by atoms with Crippen LogP contribution in [0.25, 0.3) is 0 Å². The number of aliphatic hydroxyl groups excluding tert-OH is 1. The molecule has 0 saturated heterocycles. The molecule has 0 bridgehead atoms. The van der Waals surface area contributed by atoms with Crippen molar-refractivity contribution in [2.45, 2.75) is 26.8 Å². The molecule has 2 nitrogen and oxygen atoms in total. The number of hydrogen-bond donors (Lipinski definition) is 2. The number of benzene rings is 1. The Morgan fingerprint density at radius 3 is 2.81 bits per heavy atom. The molecule has 1 unspecified atom stereocenters. The summed E-state index contributed by atoms with van der Waals surface area (Å²) in [6, 6.07) is 6.42. The van der Waals surface area contributed by atoms with Gasteiger partial charge >= 0.3 is 0 Å². The first-order chi connectivity index (χ1) is 7.63. The number of aryl methyl sites for hydroxylation is 1. The molecule has 0 heterocycles. The van der Waals surface area contributed by atoms with Crippen LogP contribution in [0, 0.1) is 12.8 Å². The molecule has 0 fully saturated rings. The average Bonchev–Trinajstić information content (AvgIpc) is 2.24. The molecule has 0 saturated carbocycles. The Kier molecular flexibility index (Phi) is 6.03.